The van der Waals surface area contributed by atoms with Crippen molar-refractivity contribution in [3.05, 3.63) is 59.3 Å². The van der Waals surface area contributed by atoms with Gasteiger partial charge in [-0.1, -0.05) is 40.7 Å². The smallest absolute Gasteiger partial charge is 0.136 e. The first-order chi connectivity index (χ1) is 15.4. The van der Waals surface area contributed by atoms with Crippen LogP contribution in [0, 0.1) is 12.7 Å². The van der Waals surface area contributed by atoms with Crippen molar-refractivity contribution in [2.45, 2.75) is 41.6 Å². The molecule has 1 aliphatic heterocycles. The fourth-order valence-corrected chi connectivity index (χ4v) is 5.03. The van der Waals surface area contributed by atoms with E-state index in [1.165, 1.54) is 35.8 Å². The molecule has 11 heteroatoms. The van der Waals surface area contributed by atoms with Gasteiger partial charge in [-0.15, -0.1) is 5.10 Å². The van der Waals surface area contributed by atoms with Crippen molar-refractivity contribution in [3.63, 3.8) is 0 Å². The van der Waals surface area contributed by atoms with Gasteiger partial charge in [0.25, 0.3) is 0 Å². The van der Waals surface area contributed by atoms with E-state index in [4.69, 9.17) is 21.1 Å². The van der Waals surface area contributed by atoms with Crippen LogP contribution in [0.1, 0.15) is 11.6 Å². The average molecular weight is 481 g/mol. The standard InChI is InChI=1S/C21H22ClFN4O4S/c1-11-3-4-12(5-15(11)23)16-9-27(26-25-16)18-19(29)17(10-28)31-21(20(18)30-2)32-14-6-13(22)7-24-8-14/h3-9,17-21,28-29H,10H2,1-2H3/t17?,18?,19-,20?,21+/m0/s1. The van der Waals surface area contributed by atoms with Crippen LogP contribution in [-0.4, -0.2) is 67.7 Å². The molecular weight excluding hydrogens is 459 g/mol. The lowest BCUT2D eigenvalue weighted by atomic mass is 9.97. The van der Waals surface area contributed by atoms with Crippen LogP contribution in [0.5, 0.6) is 0 Å². The summed E-state index contributed by atoms with van der Waals surface area (Å²) >= 11 is 7.35. The third kappa shape index (κ3) is 4.66. The molecule has 3 aromatic rings. The number of aryl methyl sites for hydroxylation is 1. The number of nitrogens with zero attached hydrogens (tertiary/aromatic N) is 4. The van der Waals surface area contributed by atoms with Gasteiger partial charge in [-0.05, 0) is 24.6 Å². The average Bonchev–Trinajstić information content (AvgIpc) is 3.26. The third-order valence-electron chi connectivity index (χ3n) is 5.31. The minimum atomic E-state index is -1.12. The van der Waals surface area contributed by atoms with E-state index in [1.807, 2.05) is 0 Å². The van der Waals surface area contributed by atoms with Crippen molar-refractivity contribution in [2.75, 3.05) is 13.7 Å². The van der Waals surface area contributed by atoms with Crippen LogP contribution in [0.15, 0.2) is 47.8 Å². The molecule has 8 nitrogen and oxygen atoms in total. The largest absolute Gasteiger partial charge is 0.394 e. The van der Waals surface area contributed by atoms with E-state index in [0.717, 1.165) is 4.90 Å². The van der Waals surface area contributed by atoms with E-state index in [1.54, 1.807) is 37.5 Å². The van der Waals surface area contributed by atoms with Crippen LogP contribution >= 0.6 is 23.4 Å². The van der Waals surface area contributed by atoms with Crippen molar-refractivity contribution in [2.24, 2.45) is 0 Å². The number of pyridine rings is 1. The fraction of sp³-hybridized carbons (Fsp3) is 0.381. The summed E-state index contributed by atoms with van der Waals surface area (Å²) in [5.41, 5.74) is 0.933. The Morgan fingerprint density at radius 1 is 1.31 bits per heavy atom. The topological polar surface area (TPSA) is 103 Å². The second-order valence-corrected chi connectivity index (χ2v) is 9.02. The van der Waals surface area contributed by atoms with E-state index < -0.39 is 36.4 Å². The molecule has 1 aromatic carbocycles. The molecule has 3 unspecified atom stereocenters. The molecule has 1 aliphatic rings. The van der Waals surface area contributed by atoms with Crippen molar-refractivity contribution >= 4 is 23.4 Å². The highest BCUT2D eigenvalue weighted by molar-refractivity contribution is 7.99. The fourth-order valence-electron chi connectivity index (χ4n) is 3.61. The molecule has 0 aliphatic carbocycles. The minimum Gasteiger partial charge on any atom is -0.394 e. The molecule has 0 spiro atoms. The van der Waals surface area contributed by atoms with Crippen LogP contribution in [0.2, 0.25) is 5.02 Å². The molecule has 32 heavy (non-hydrogen) atoms. The third-order valence-corrected chi connectivity index (χ3v) is 6.63. The zero-order valence-electron chi connectivity index (χ0n) is 17.3. The molecule has 0 bridgehead atoms. The first-order valence-electron chi connectivity index (χ1n) is 9.84. The van der Waals surface area contributed by atoms with Gasteiger partial charge in [0.05, 0.1) is 17.8 Å². The maximum Gasteiger partial charge on any atom is 0.136 e. The van der Waals surface area contributed by atoms with Crippen LogP contribution < -0.4 is 0 Å². The minimum absolute atomic E-state index is 0.343. The van der Waals surface area contributed by atoms with E-state index in [9.17, 15) is 14.6 Å². The van der Waals surface area contributed by atoms with E-state index >= 15 is 0 Å². The SMILES string of the molecule is COC1C(n2cc(-c3ccc(C)c(F)c3)nn2)[C@@H](O)C(CO)O[C@@H]1Sc1cncc(Cl)c1. The summed E-state index contributed by atoms with van der Waals surface area (Å²) in [5.74, 6) is -0.343. The van der Waals surface area contributed by atoms with E-state index in [-0.39, 0.29) is 5.82 Å². The van der Waals surface area contributed by atoms with Gasteiger partial charge >= 0.3 is 0 Å². The molecule has 4 rings (SSSR count). The lowest BCUT2D eigenvalue weighted by Gasteiger charge is -2.43. The van der Waals surface area contributed by atoms with Gasteiger partial charge in [-0.25, -0.2) is 9.07 Å². The molecule has 0 amide bonds. The number of benzene rings is 1. The van der Waals surface area contributed by atoms with Crippen molar-refractivity contribution in [3.8, 4) is 11.3 Å². The van der Waals surface area contributed by atoms with Crippen LogP contribution in [0.4, 0.5) is 4.39 Å². The molecule has 1 fully saturated rings. The first-order valence-corrected chi connectivity index (χ1v) is 11.1. The lowest BCUT2D eigenvalue weighted by molar-refractivity contribution is -0.186. The monoisotopic (exact) mass is 480 g/mol. The number of hydrogen-bond acceptors (Lipinski definition) is 8. The second kappa shape index (κ2) is 9.82. The number of aromatic nitrogens is 4. The van der Waals surface area contributed by atoms with Crippen molar-refractivity contribution in [1.82, 2.24) is 20.0 Å². The highest BCUT2D eigenvalue weighted by atomic mass is 35.5. The summed E-state index contributed by atoms with van der Waals surface area (Å²) in [6.07, 6.45) is 2.13. The van der Waals surface area contributed by atoms with Crippen LogP contribution in [0.3, 0.4) is 0 Å². The van der Waals surface area contributed by atoms with E-state index in [0.29, 0.717) is 21.8 Å². The molecule has 2 aromatic heterocycles. The molecule has 2 N–H and O–H groups in total. The highest BCUT2D eigenvalue weighted by Crippen LogP contribution is 2.39. The van der Waals surface area contributed by atoms with Crippen molar-refractivity contribution in [1.29, 1.82) is 0 Å². The predicted molar refractivity (Wildman–Crippen MR) is 117 cm³/mol. The molecule has 0 saturated carbocycles. The zero-order chi connectivity index (χ0) is 22.8. The van der Waals surface area contributed by atoms with Gasteiger partial charge in [-0.2, -0.15) is 0 Å². The molecule has 5 atom stereocenters. The Hall–Kier alpha value is -2.08. The zero-order valence-corrected chi connectivity index (χ0v) is 18.9. The summed E-state index contributed by atoms with van der Waals surface area (Å²) in [4.78, 5) is 4.82. The number of aliphatic hydroxyl groups excluding tert-OH is 2. The maximum absolute atomic E-state index is 14.0. The van der Waals surface area contributed by atoms with Gasteiger partial charge in [0.1, 0.15) is 41.3 Å². The van der Waals surface area contributed by atoms with Crippen molar-refractivity contribution < 1.29 is 24.1 Å². The Morgan fingerprint density at radius 2 is 2.12 bits per heavy atom. The van der Waals surface area contributed by atoms with Gasteiger partial charge < -0.3 is 19.7 Å². The number of ether oxygens (including phenoxy) is 2. The molecule has 170 valence electrons. The van der Waals surface area contributed by atoms with Crippen LogP contribution in [-0.2, 0) is 9.47 Å². The summed E-state index contributed by atoms with van der Waals surface area (Å²) < 4.78 is 27.1. The number of rotatable bonds is 6. The molecular formula is C21H22ClFN4O4S. The normalized spacial score (nSPS) is 25.8. The maximum atomic E-state index is 14.0. The van der Waals surface area contributed by atoms with E-state index in [2.05, 4.69) is 15.3 Å². The molecule has 0 radical (unpaired) electrons. The number of hydrogen-bond donors (Lipinski definition) is 2. The summed E-state index contributed by atoms with van der Waals surface area (Å²) in [5, 5.41) is 29.5. The Morgan fingerprint density at radius 3 is 2.81 bits per heavy atom. The molecule has 1 saturated heterocycles. The quantitative estimate of drug-likeness (QED) is 0.555. The van der Waals surface area contributed by atoms with Gasteiger partial charge in [0.2, 0.25) is 0 Å². The number of methoxy groups -OCH3 is 1. The summed E-state index contributed by atoms with van der Waals surface area (Å²) in [7, 11) is 1.50. The number of aliphatic hydroxyl groups is 2. The summed E-state index contributed by atoms with van der Waals surface area (Å²) in [6.45, 7) is 1.28. The Bertz CT molecular complexity index is 1090. The highest BCUT2D eigenvalue weighted by Gasteiger charge is 2.47. The Labute approximate surface area is 193 Å². The van der Waals surface area contributed by atoms with Crippen LogP contribution in [0.25, 0.3) is 11.3 Å². The predicted octanol–water partition coefficient (Wildman–Crippen LogP) is 2.87. The second-order valence-electron chi connectivity index (χ2n) is 7.41. The summed E-state index contributed by atoms with van der Waals surface area (Å²) in [6, 6.07) is 5.83. The van der Waals surface area contributed by atoms with Gasteiger partial charge in [0, 0.05) is 30.0 Å². The van der Waals surface area contributed by atoms with Gasteiger partial charge in [-0.3, -0.25) is 4.98 Å². The molecule has 3 heterocycles. The Kier molecular flexibility index (Phi) is 7.08. The first kappa shape index (κ1) is 23.1. The van der Waals surface area contributed by atoms with Gasteiger partial charge in [0.15, 0.2) is 0 Å². The number of thioether (sulfide) groups is 1. The lowest BCUT2D eigenvalue weighted by Crippen LogP contribution is -2.55. The number of halogens is 2. The Balaban J connectivity index is 1.66.